The lowest BCUT2D eigenvalue weighted by Crippen LogP contribution is -2.42. The Balaban J connectivity index is 1.97. The van der Waals surface area contributed by atoms with E-state index in [2.05, 4.69) is 5.32 Å². The van der Waals surface area contributed by atoms with Crippen molar-refractivity contribution in [2.24, 2.45) is 0 Å². The lowest BCUT2D eigenvalue weighted by atomic mass is 10.0. The van der Waals surface area contributed by atoms with Gasteiger partial charge in [0.2, 0.25) is 5.91 Å². The summed E-state index contributed by atoms with van der Waals surface area (Å²) in [4.78, 5) is 23.8. The summed E-state index contributed by atoms with van der Waals surface area (Å²) in [6.45, 7) is 4.79. The molecule has 0 heterocycles. The number of rotatable bonds is 11. The molecule has 3 aromatic rings. The number of nitro groups is 1. The number of aryl methyl sites for hydroxylation is 2. The van der Waals surface area contributed by atoms with Crippen molar-refractivity contribution in [2.45, 2.75) is 38.1 Å². The van der Waals surface area contributed by atoms with Crippen molar-refractivity contribution in [1.82, 2.24) is 5.32 Å². The Labute approximate surface area is 222 Å². The van der Waals surface area contributed by atoms with Gasteiger partial charge >= 0.3 is 0 Å². The summed E-state index contributed by atoms with van der Waals surface area (Å²) in [6, 6.07) is 15.1. The van der Waals surface area contributed by atoms with E-state index in [0.717, 1.165) is 27.2 Å². The maximum Gasteiger partial charge on any atom is 0.273 e. The van der Waals surface area contributed by atoms with Gasteiger partial charge in [0.1, 0.15) is 18.0 Å². The summed E-state index contributed by atoms with van der Waals surface area (Å²) in [7, 11) is -1.29. The first-order chi connectivity index (χ1) is 18.0. The van der Waals surface area contributed by atoms with Crippen LogP contribution in [-0.4, -0.2) is 40.0 Å². The molecule has 0 saturated heterocycles. The second kappa shape index (κ2) is 12.0. The molecule has 0 aliphatic carbocycles. The minimum Gasteiger partial charge on any atom is -0.497 e. The van der Waals surface area contributed by atoms with Crippen LogP contribution in [0.5, 0.6) is 11.5 Å². The third-order valence-electron chi connectivity index (χ3n) is 6.18. The van der Waals surface area contributed by atoms with Gasteiger partial charge in [-0.2, -0.15) is 0 Å². The third kappa shape index (κ3) is 6.23. The minimum atomic E-state index is -4.35. The van der Waals surface area contributed by atoms with Crippen LogP contribution in [-0.2, 0) is 14.8 Å². The summed E-state index contributed by atoms with van der Waals surface area (Å²) < 4.78 is 38.9. The summed E-state index contributed by atoms with van der Waals surface area (Å²) in [5.74, 6) is 0.688. The fourth-order valence-electron chi connectivity index (χ4n) is 4.05. The number of carbonyl (C=O) groups excluding carboxylic acids is 1. The van der Waals surface area contributed by atoms with Crippen LogP contribution >= 0.6 is 0 Å². The van der Waals surface area contributed by atoms with E-state index in [-0.39, 0.29) is 22.3 Å². The van der Waals surface area contributed by atoms with Gasteiger partial charge in [-0.25, -0.2) is 8.42 Å². The topological polar surface area (TPSA) is 128 Å². The number of amides is 1. The van der Waals surface area contributed by atoms with E-state index in [4.69, 9.17) is 9.47 Å². The third-order valence-corrected chi connectivity index (χ3v) is 7.95. The number of hydrogen-bond donors (Lipinski definition) is 1. The van der Waals surface area contributed by atoms with Crippen molar-refractivity contribution in [3.05, 3.63) is 87.5 Å². The molecule has 202 valence electrons. The smallest absolute Gasteiger partial charge is 0.273 e. The Morgan fingerprint density at radius 1 is 1.00 bits per heavy atom. The number of nitro benzene ring substituents is 1. The molecule has 11 heteroatoms. The van der Waals surface area contributed by atoms with Crippen molar-refractivity contribution in [3.8, 4) is 11.5 Å². The molecule has 0 unspecified atom stereocenters. The van der Waals surface area contributed by atoms with E-state index in [1.165, 1.54) is 38.3 Å². The van der Waals surface area contributed by atoms with Gasteiger partial charge in [0.15, 0.2) is 0 Å². The van der Waals surface area contributed by atoms with Crippen LogP contribution in [0, 0.1) is 24.0 Å². The first-order valence-electron chi connectivity index (χ1n) is 11.9. The SMILES string of the molecule is CC[C@@H](NC(=O)CN(c1ccc(OC)cc1)S(=O)(=O)c1ccc(C)c([N+](=O)[O-])c1)c1ccc(OC)c(C)c1. The zero-order chi connectivity index (χ0) is 28.0. The van der Waals surface area contributed by atoms with Crippen molar-refractivity contribution < 1.29 is 27.6 Å². The molecular weight excluding hydrogens is 510 g/mol. The van der Waals surface area contributed by atoms with Crippen LogP contribution in [0.15, 0.2) is 65.6 Å². The molecular formula is C27H31N3O7S. The number of nitrogens with one attached hydrogen (secondary N) is 1. The highest BCUT2D eigenvalue weighted by Gasteiger charge is 2.30. The number of methoxy groups -OCH3 is 2. The molecule has 0 aliphatic rings. The lowest BCUT2D eigenvalue weighted by molar-refractivity contribution is -0.385. The van der Waals surface area contributed by atoms with E-state index in [0.29, 0.717) is 17.7 Å². The molecule has 0 bridgehead atoms. The number of nitrogens with zero attached hydrogens (tertiary/aromatic N) is 2. The summed E-state index contributed by atoms with van der Waals surface area (Å²) in [5, 5.41) is 14.4. The second-order valence-electron chi connectivity index (χ2n) is 8.67. The number of carbonyl (C=O) groups is 1. The van der Waals surface area contributed by atoms with Crippen molar-refractivity contribution in [2.75, 3.05) is 25.1 Å². The average Bonchev–Trinajstić information content (AvgIpc) is 2.90. The highest BCUT2D eigenvalue weighted by molar-refractivity contribution is 7.92. The van der Waals surface area contributed by atoms with E-state index >= 15 is 0 Å². The molecule has 0 radical (unpaired) electrons. The Morgan fingerprint density at radius 2 is 1.68 bits per heavy atom. The maximum absolute atomic E-state index is 13.7. The Morgan fingerprint density at radius 3 is 2.24 bits per heavy atom. The molecule has 0 saturated carbocycles. The lowest BCUT2D eigenvalue weighted by Gasteiger charge is -2.26. The molecule has 0 spiro atoms. The van der Waals surface area contributed by atoms with Gasteiger partial charge in [-0.1, -0.05) is 25.1 Å². The van der Waals surface area contributed by atoms with Gasteiger partial charge in [0.05, 0.1) is 35.8 Å². The first-order valence-corrected chi connectivity index (χ1v) is 13.3. The molecule has 1 N–H and O–H groups in total. The number of ether oxygens (including phenoxy) is 2. The molecule has 1 atom stereocenters. The quantitative estimate of drug-likeness (QED) is 0.275. The molecule has 1 amide bonds. The zero-order valence-electron chi connectivity index (χ0n) is 21.9. The molecule has 0 aromatic heterocycles. The predicted molar refractivity (Wildman–Crippen MR) is 144 cm³/mol. The first kappa shape index (κ1) is 28.5. The Hall–Kier alpha value is -4.12. The van der Waals surface area contributed by atoms with Crippen LogP contribution in [0.2, 0.25) is 0 Å². The standard InChI is InChI=1S/C27H31N3O7S/c1-6-24(20-8-14-26(37-5)19(3)15-20)28-27(31)17-29(21-9-11-22(36-4)12-10-21)38(34,35)23-13-7-18(2)25(16-23)30(32)33/h7-16,24H,6,17H2,1-5H3,(H,28,31)/t24-/m1/s1. The number of anilines is 1. The van der Waals surface area contributed by atoms with E-state index < -0.39 is 27.4 Å². The largest absolute Gasteiger partial charge is 0.497 e. The van der Waals surface area contributed by atoms with Gasteiger partial charge in [0, 0.05) is 11.6 Å². The van der Waals surface area contributed by atoms with Gasteiger partial charge < -0.3 is 14.8 Å². The molecule has 0 aliphatic heterocycles. The van der Waals surface area contributed by atoms with Crippen LogP contribution < -0.4 is 19.1 Å². The molecule has 10 nitrogen and oxygen atoms in total. The molecule has 0 fully saturated rings. The molecule has 38 heavy (non-hydrogen) atoms. The summed E-state index contributed by atoms with van der Waals surface area (Å²) in [5.41, 5.74) is 1.96. The van der Waals surface area contributed by atoms with Gasteiger partial charge in [-0.3, -0.25) is 19.2 Å². The van der Waals surface area contributed by atoms with Crippen LogP contribution in [0.4, 0.5) is 11.4 Å². The van der Waals surface area contributed by atoms with Crippen LogP contribution in [0.3, 0.4) is 0 Å². The average molecular weight is 542 g/mol. The monoisotopic (exact) mass is 541 g/mol. The Kier molecular flexibility index (Phi) is 8.95. The fraction of sp³-hybridized carbons (Fsp3) is 0.296. The van der Waals surface area contributed by atoms with E-state index in [1.807, 2.05) is 32.0 Å². The van der Waals surface area contributed by atoms with Crippen LogP contribution in [0.25, 0.3) is 0 Å². The zero-order valence-corrected chi connectivity index (χ0v) is 22.7. The normalized spacial score (nSPS) is 11.9. The van der Waals surface area contributed by atoms with Gasteiger partial charge in [-0.05, 0) is 67.8 Å². The second-order valence-corrected chi connectivity index (χ2v) is 10.5. The van der Waals surface area contributed by atoms with Crippen molar-refractivity contribution in [1.29, 1.82) is 0 Å². The highest BCUT2D eigenvalue weighted by atomic mass is 32.2. The van der Waals surface area contributed by atoms with E-state index in [9.17, 15) is 23.3 Å². The number of hydrogen-bond acceptors (Lipinski definition) is 7. The van der Waals surface area contributed by atoms with Crippen molar-refractivity contribution >= 4 is 27.3 Å². The van der Waals surface area contributed by atoms with E-state index in [1.54, 1.807) is 19.2 Å². The molecule has 3 aromatic carbocycles. The minimum absolute atomic E-state index is 0.206. The Bertz CT molecular complexity index is 1420. The highest BCUT2D eigenvalue weighted by Crippen LogP contribution is 2.29. The fourth-order valence-corrected chi connectivity index (χ4v) is 5.49. The maximum atomic E-state index is 13.7. The summed E-state index contributed by atoms with van der Waals surface area (Å²) >= 11 is 0. The number of benzene rings is 3. The van der Waals surface area contributed by atoms with Gasteiger partial charge in [-0.15, -0.1) is 0 Å². The summed E-state index contributed by atoms with van der Waals surface area (Å²) in [6.07, 6.45) is 0.566. The van der Waals surface area contributed by atoms with Gasteiger partial charge in [0.25, 0.3) is 15.7 Å². The molecule has 3 rings (SSSR count). The van der Waals surface area contributed by atoms with Crippen LogP contribution in [0.1, 0.15) is 36.1 Å². The number of sulfonamides is 1. The predicted octanol–water partition coefficient (Wildman–Crippen LogP) is 4.69. The van der Waals surface area contributed by atoms with Crippen molar-refractivity contribution in [3.63, 3.8) is 0 Å².